The van der Waals surface area contributed by atoms with Gasteiger partial charge in [0.1, 0.15) is 11.3 Å². The van der Waals surface area contributed by atoms with Crippen molar-refractivity contribution in [2.24, 2.45) is 0 Å². The summed E-state index contributed by atoms with van der Waals surface area (Å²) in [7, 11) is 0. The summed E-state index contributed by atoms with van der Waals surface area (Å²) in [5.41, 5.74) is 1.03. The number of halogens is 6. The lowest BCUT2D eigenvalue weighted by Crippen LogP contribution is -2.47. The SMILES string of the molecule is O=C(Nc1ccc(N2CCN(c3c(F)c(F)c(F)c(F)c3F)CC2)c(Cl)c1)c1cccc(-c2cc3ccccc3oc2=O)c1. The molecule has 4 aromatic carbocycles. The predicted molar refractivity (Wildman–Crippen MR) is 158 cm³/mol. The summed E-state index contributed by atoms with van der Waals surface area (Å²) in [6.07, 6.45) is 0. The molecule has 0 atom stereocenters. The van der Waals surface area contributed by atoms with E-state index in [0.29, 0.717) is 33.6 Å². The van der Waals surface area contributed by atoms with E-state index >= 15 is 0 Å². The lowest BCUT2D eigenvalue weighted by Gasteiger charge is -2.38. The summed E-state index contributed by atoms with van der Waals surface area (Å²) >= 11 is 6.51. The summed E-state index contributed by atoms with van der Waals surface area (Å²) < 4.78 is 74.8. The first-order valence-corrected chi connectivity index (χ1v) is 13.8. The van der Waals surface area contributed by atoms with Crippen LogP contribution in [0.25, 0.3) is 22.1 Å². The number of nitrogens with zero attached hydrogens (tertiary/aromatic N) is 2. The first-order chi connectivity index (χ1) is 21.1. The number of carbonyl (C=O) groups excluding carboxylic acids is 1. The molecule has 1 fully saturated rings. The summed E-state index contributed by atoms with van der Waals surface area (Å²) in [6.45, 7) is 0.305. The number of nitrogens with one attached hydrogen (secondary N) is 1. The fraction of sp³-hybridized carbons (Fsp3) is 0.125. The van der Waals surface area contributed by atoms with Gasteiger partial charge in [-0.25, -0.2) is 26.7 Å². The first kappa shape index (κ1) is 29.2. The molecule has 1 aliphatic rings. The average Bonchev–Trinajstić information content (AvgIpc) is 3.03. The van der Waals surface area contributed by atoms with Crippen molar-refractivity contribution in [1.82, 2.24) is 0 Å². The maximum atomic E-state index is 14.3. The van der Waals surface area contributed by atoms with Crippen LogP contribution in [0, 0.1) is 29.1 Å². The smallest absolute Gasteiger partial charge is 0.344 e. The van der Waals surface area contributed by atoms with E-state index in [1.807, 2.05) is 12.1 Å². The summed E-state index contributed by atoms with van der Waals surface area (Å²) in [4.78, 5) is 28.6. The van der Waals surface area contributed by atoms with E-state index < -0.39 is 46.3 Å². The van der Waals surface area contributed by atoms with Gasteiger partial charge in [0, 0.05) is 42.8 Å². The zero-order chi connectivity index (χ0) is 31.1. The van der Waals surface area contributed by atoms with E-state index in [2.05, 4.69) is 5.32 Å². The van der Waals surface area contributed by atoms with Crippen LogP contribution in [0.3, 0.4) is 0 Å². The molecule has 5 aromatic rings. The topological polar surface area (TPSA) is 65.8 Å². The molecule has 0 aliphatic carbocycles. The van der Waals surface area contributed by atoms with Gasteiger partial charge in [-0.3, -0.25) is 4.79 Å². The number of amides is 1. The van der Waals surface area contributed by atoms with Crippen molar-refractivity contribution in [3.63, 3.8) is 0 Å². The number of anilines is 3. The molecule has 1 saturated heterocycles. The number of carbonyl (C=O) groups is 1. The minimum atomic E-state index is -2.20. The lowest BCUT2D eigenvalue weighted by molar-refractivity contribution is 0.102. The second-order valence-corrected chi connectivity index (χ2v) is 10.5. The van der Waals surface area contributed by atoms with Crippen molar-refractivity contribution in [3.05, 3.63) is 123 Å². The van der Waals surface area contributed by atoms with Crippen molar-refractivity contribution in [1.29, 1.82) is 0 Å². The second-order valence-electron chi connectivity index (χ2n) is 10.1. The molecule has 12 heteroatoms. The molecule has 0 bridgehead atoms. The van der Waals surface area contributed by atoms with Crippen molar-refractivity contribution >= 4 is 45.5 Å². The molecule has 1 aliphatic heterocycles. The first-order valence-electron chi connectivity index (χ1n) is 13.4. The van der Waals surface area contributed by atoms with Gasteiger partial charge in [0.25, 0.3) is 5.91 Å². The normalized spacial score (nSPS) is 13.4. The van der Waals surface area contributed by atoms with Crippen LogP contribution in [0.2, 0.25) is 5.02 Å². The van der Waals surface area contributed by atoms with E-state index in [0.717, 1.165) is 10.3 Å². The molecule has 224 valence electrons. The Morgan fingerprint density at radius 2 is 1.41 bits per heavy atom. The van der Waals surface area contributed by atoms with Crippen LogP contribution in [0.5, 0.6) is 0 Å². The van der Waals surface area contributed by atoms with Gasteiger partial charge in [0.05, 0.1) is 16.3 Å². The highest BCUT2D eigenvalue weighted by molar-refractivity contribution is 6.33. The van der Waals surface area contributed by atoms with Crippen LogP contribution in [-0.2, 0) is 0 Å². The highest BCUT2D eigenvalue weighted by Crippen LogP contribution is 2.34. The van der Waals surface area contributed by atoms with Crippen LogP contribution < -0.4 is 20.7 Å². The molecule has 44 heavy (non-hydrogen) atoms. The molecule has 1 aromatic heterocycles. The third kappa shape index (κ3) is 5.35. The summed E-state index contributed by atoms with van der Waals surface area (Å²) in [5.74, 6) is -10.4. The van der Waals surface area contributed by atoms with Gasteiger partial charge in [-0.2, -0.15) is 0 Å². The molecule has 1 amide bonds. The zero-order valence-electron chi connectivity index (χ0n) is 22.6. The van der Waals surface area contributed by atoms with Gasteiger partial charge in [-0.1, -0.05) is 41.9 Å². The molecule has 1 N–H and O–H groups in total. The van der Waals surface area contributed by atoms with Crippen molar-refractivity contribution in [3.8, 4) is 11.1 Å². The van der Waals surface area contributed by atoms with Gasteiger partial charge >= 0.3 is 5.63 Å². The number of hydrogen-bond acceptors (Lipinski definition) is 5. The fourth-order valence-electron chi connectivity index (χ4n) is 5.18. The molecule has 6 nitrogen and oxygen atoms in total. The minimum Gasteiger partial charge on any atom is -0.422 e. The van der Waals surface area contributed by atoms with Crippen LogP contribution >= 0.6 is 11.6 Å². The molecular weight excluding hydrogens is 605 g/mol. The highest BCUT2D eigenvalue weighted by atomic mass is 35.5. The standard InChI is InChI=1S/C32H21ClF5N3O3/c33-22-16-20(8-9-23(22)40-10-12-41(13-11-40)30-28(37)26(35)25(34)27(36)29(30)38)39-31(42)19-6-3-5-17(14-19)21-15-18-4-1-2-7-24(18)44-32(21)43/h1-9,14-16H,10-13H2,(H,39,42). The van der Waals surface area contributed by atoms with Crippen molar-refractivity contribution in [2.45, 2.75) is 0 Å². The van der Waals surface area contributed by atoms with E-state index in [-0.39, 0.29) is 31.2 Å². The Hall–Kier alpha value is -4.90. The molecule has 0 spiro atoms. The monoisotopic (exact) mass is 625 g/mol. The Labute approximate surface area is 251 Å². The maximum absolute atomic E-state index is 14.3. The van der Waals surface area contributed by atoms with E-state index in [4.69, 9.17) is 16.0 Å². The van der Waals surface area contributed by atoms with E-state index in [1.165, 1.54) is 6.07 Å². The number of benzene rings is 4. The Balaban J connectivity index is 1.15. The summed E-state index contributed by atoms with van der Waals surface area (Å²) in [6, 6.07) is 20.2. The van der Waals surface area contributed by atoms with E-state index in [9.17, 15) is 31.5 Å². The quantitative estimate of drug-likeness (QED) is 0.0955. The third-order valence-electron chi connectivity index (χ3n) is 7.41. The molecular formula is C32H21ClF5N3O3. The lowest BCUT2D eigenvalue weighted by atomic mass is 10.0. The average molecular weight is 626 g/mol. The van der Waals surface area contributed by atoms with Crippen molar-refractivity contribution in [2.75, 3.05) is 41.3 Å². The Kier molecular flexibility index (Phi) is 7.73. The second kappa shape index (κ2) is 11.6. The van der Waals surface area contributed by atoms with Gasteiger partial charge in [-0.15, -0.1) is 0 Å². The van der Waals surface area contributed by atoms with Gasteiger partial charge in [-0.05, 0) is 48.0 Å². The third-order valence-corrected chi connectivity index (χ3v) is 7.71. The highest BCUT2D eigenvalue weighted by Gasteiger charge is 2.31. The minimum absolute atomic E-state index is 0.0287. The number of fused-ring (bicyclic) bond motifs is 1. The largest absolute Gasteiger partial charge is 0.422 e. The van der Waals surface area contributed by atoms with Gasteiger partial charge in [0.15, 0.2) is 23.3 Å². The molecule has 2 heterocycles. The number of rotatable bonds is 5. The number of para-hydroxylation sites is 1. The molecule has 0 saturated carbocycles. The Morgan fingerprint density at radius 1 is 0.750 bits per heavy atom. The van der Waals surface area contributed by atoms with Gasteiger partial charge < -0.3 is 19.5 Å². The van der Waals surface area contributed by atoms with E-state index in [1.54, 1.807) is 59.5 Å². The summed E-state index contributed by atoms with van der Waals surface area (Å²) in [5, 5.41) is 3.79. The van der Waals surface area contributed by atoms with Crippen LogP contribution in [0.15, 0.2) is 82.0 Å². The van der Waals surface area contributed by atoms with Crippen LogP contribution in [0.1, 0.15) is 10.4 Å². The number of piperazine rings is 1. The molecule has 6 rings (SSSR count). The van der Waals surface area contributed by atoms with Crippen LogP contribution in [-0.4, -0.2) is 32.1 Å². The fourth-order valence-corrected chi connectivity index (χ4v) is 5.48. The van der Waals surface area contributed by atoms with Gasteiger partial charge in [0.2, 0.25) is 5.82 Å². The maximum Gasteiger partial charge on any atom is 0.344 e. The Morgan fingerprint density at radius 3 is 2.11 bits per heavy atom. The Bertz CT molecular complexity index is 1960. The molecule has 0 unspecified atom stereocenters. The van der Waals surface area contributed by atoms with Crippen LogP contribution in [0.4, 0.5) is 39.0 Å². The van der Waals surface area contributed by atoms with Crippen molar-refractivity contribution < 1.29 is 31.2 Å². The molecule has 0 radical (unpaired) electrons. The predicted octanol–water partition coefficient (Wildman–Crippen LogP) is 7.39. The zero-order valence-corrected chi connectivity index (χ0v) is 23.4. The number of hydrogen-bond donors (Lipinski definition) is 1.